The van der Waals surface area contributed by atoms with Crippen LogP contribution in [0.15, 0.2) is 18.2 Å². The van der Waals surface area contributed by atoms with Crippen LogP contribution in [0.5, 0.6) is 5.75 Å². The second-order valence-corrected chi connectivity index (χ2v) is 8.25. The molecular weight excluding hydrogens is 316 g/mol. The summed E-state index contributed by atoms with van der Waals surface area (Å²) in [6.45, 7) is 1.46. The molecule has 0 spiro atoms. The zero-order valence-corrected chi connectivity index (χ0v) is 14.9. The molecule has 1 aromatic carbocycles. The van der Waals surface area contributed by atoms with Gasteiger partial charge in [-0.05, 0) is 74.5 Å². The number of methoxy groups -OCH3 is 1. The van der Waals surface area contributed by atoms with Crippen LogP contribution in [0.1, 0.15) is 45.4 Å². The first kappa shape index (κ1) is 16.4. The fourth-order valence-corrected chi connectivity index (χ4v) is 5.73. The Morgan fingerprint density at radius 2 is 1.64 bits per heavy atom. The second-order valence-electron chi connectivity index (χ2n) is 8.25. The van der Waals surface area contributed by atoms with Crippen LogP contribution in [0, 0.1) is 23.2 Å². The highest BCUT2D eigenvalue weighted by Crippen LogP contribution is 2.60. The Balaban J connectivity index is 1.54. The summed E-state index contributed by atoms with van der Waals surface area (Å²) in [6, 6.07) is 5.39. The third-order valence-electron chi connectivity index (χ3n) is 6.29. The van der Waals surface area contributed by atoms with Gasteiger partial charge in [-0.25, -0.2) is 0 Å². The summed E-state index contributed by atoms with van der Waals surface area (Å²) in [5, 5.41) is 5.88. The van der Waals surface area contributed by atoms with Crippen molar-refractivity contribution in [1.29, 1.82) is 0 Å². The molecule has 4 fully saturated rings. The highest BCUT2D eigenvalue weighted by molar-refractivity contribution is 5.97. The van der Waals surface area contributed by atoms with E-state index in [0.29, 0.717) is 17.1 Å². The van der Waals surface area contributed by atoms with Gasteiger partial charge in [0.1, 0.15) is 5.75 Å². The number of benzene rings is 1. The van der Waals surface area contributed by atoms with Crippen LogP contribution in [0.25, 0.3) is 0 Å². The molecule has 0 heterocycles. The number of hydrogen-bond acceptors (Lipinski definition) is 3. The summed E-state index contributed by atoms with van der Waals surface area (Å²) in [4.78, 5) is 24.5. The normalized spacial score (nSPS) is 32.3. The summed E-state index contributed by atoms with van der Waals surface area (Å²) in [7, 11) is 1.56. The molecular formula is C20H26N2O3. The average Bonchev–Trinajstić information content (AvgIpc) is 2.53. The quantitative estimate of drug-likeness (QED) is 0.874. The predicted octanol–water partition coefficient (Wildman–Crippen LogP) is 3.81. The first-order valence-electron chi connectivity index (χ1n) is 9.24. The lowest BCUT2D eigenvalue weighted by atomic mass is 9.49. The lowest BCUT2D eigenvalue weighted by Crippen LogP contribution is -2.51. The molecule has 5 nitrogen and oxygen atoms in total. The maximum absolute atomic E-state index is 13.1. The Morgan fingerprint density at radius 3 is 2.16 bits per heavy atom. The number of nitrogens with one attached hydrogen (secondary N) is 2. The molecule has 0 saturated heterocycles. The monoisotopic (exact) mass is 342 g/mol. The van der Waals surface area contributed by atoms with Crippen molar-refractivity contribution in [2.24, 2.45) is 23.2 Å². The van der Waals surface area contributed by atoms with E-state index >= 15 is 0 Å². The van der Waals surface area contributed by atoms with E-state index in [1.165, 1.54) is 26.2 Å². The molecule has 2 N–H and O–H groups in total. The standard InChI is InChI=1S/C20H26N2O3/c1-12(23)21-17-8-16(3-4-18(17)25-2)22-19(24)20-9-13-5-14(10-20)7-15(6-13)11-20/h3-4,8,13-15H,5-7,9-11H2,1-2H3,(H,21,23)(H,22,24). The first-order chi connectivity index (χ1) is 12.0. The molecule has 2 amide bonds. The van der Waals surface area contributed by atoms with Crippen molar-refractivity contribution in [1.82, 2.24) is 0 Å². The minimum Gasteiger partial charge on any atom is -0.495 e. The van der Waals surface area contributed by atoms with Gasteiger partial charge in [-0.2, -0.15) is 0 Å². The van der Waals surface area contributed by atoms with Crippen molar-refractivity contribution in [2.75, 3.05) is 17.7 Å². The van der Waals surface area contributed by atoms with E-state index in [1.807, 2.05) is 6.07 Å². The number of carbonyl (C=O) groups is 2. The van der Waals surface area contributed by atoms with Gasteiger partial charge in [0.15, 0.2) is 0 Å². The maximum atomic E-state index is 13.1. The predicted molar refractivity (Wildman–Crippen MR) is 96.5 cm³/mol. The zero-order valence-electron chi connectivity index (χ0n) is 14.9. The molecule has 5 heteroatoms. The van der Waals surface area contributed by atoms with Gasteiger partial charge in [-0.3, -0.25) is 9.59 Å². The second kappa shape index (κ2) is 6.04. The molecule has 25 heavy (non-hydrogen) atoms. The molecule has 5 rings (SSSR count). The average molecular weight is 342 g/mol. The highest BCUT2D eigenvalue weighted by Gasteiger charge is 2.54. The van der Waals surface area contributed by atoms with Crippen LogP contribution in [0.2, 0.25) is 0 Å². The van der Waals surface area contributed by atoms with Gasteiger partial charge >= 0.3 is 0 Å². The summed E-state index contributed by atoms with van der Waals surface area (Å²) in [5.41, 5.74) is 1.12. The van der Waals surface area contributed by atoms with E-state index in [9.17, 15) is 9.59 Å². The number of anilines is 2. The van der Waals surface area contributed by atoms with Crippen LogP contribution in [-0.4, -0.2) is 18.9 Å². The molecule has 0 radical (unpaired) electrons. The number of rotatable bonds is 4. The van der Waals surface area contributed by atoms with Crippen LogP contribution in [-0.2, 0) is 9.59 Å². The third kappa shape index (κ3) is 3.00. The van der Waals surface area contributed by atoms with Gasteiger partial charge in [0.05, 0.1) is 18.2 Å². The van der Waals surface area contributed by atoms with Crippen molar-refractivity contribution in [3.8, 4) is 5.75 Å². The summed E-state index contributed by atoms with van der Waals surface area (Å²) < 4.78 is 5.28. The van der Waals surface area contributed by atoms with Gasteiger partial charge in [0.25, 0.3) is 0 Å². The van der Waals surface area contributed by atoms with Gasteiger partial charge < -0.3 is 15.4 Å². The Labute approximate surface area is 148 Å². The SMILES string of the molecule is COc1ccc(NC(=O)C23CC4CC(CC(C4)C2)C3)cc1NC(C)=O. The topological polar surface area (TPSA) is 67.4 Å². The molecule has 4 saturated carbocycles. The van der Waals surface area contributed by atoms with Crippen LogP contribution < -0.4 is 15.4 Å². The molecule has 0 aliphatic heterocycles. The molecule has 4 bridgehead atoms. The van der Waals surface area contributed by atoms with Gasteiger partial charge in [0, 0.05) is 12.6 Å². The molecule has 0 unspecified atom stereocenters. The smallest absolute Gasteiger partial charge is 0.230 e. The van der Waals surface area contributed by atoms with E-state index in [0.717, 1.165) is 37.0 Å². The minimum atomic E-state index is -0.178. The molecule has 4 aliphatic carbocycles. The van der Waals surface area contributed by atoms with Gasteiger partial charge in [-0.15, -0.1) is 0 Å². The molecule has 1 aromatic rings. The molecule has 0 aromatic heterocycles. The fourth-order valence-electron chi connectivity index (χ4n) is 5.73. The van der Waals surface area contributed by atoms with E-state index < -0.39 is 0 Å². The highest BCUT2D eigenvalue weighted by atomic mass is 16.5. The molecule has 134 valence electrons. The van der Waals surface area contributed by atoms with Crippen molar-refractivity contribution < 1.29 is 14.3 Å². The van der Waals surface area contributed by atoms with Crippen LogP contribution in [0.3, 0.4) is 0 Å². The largest absolute Gasteiger partial charge is 0.495 e. The van der Waals surface area contributed by atoms with Crippen molar-refractivity contribution in [2.45, 2.75) is 45.4 Å². The van der Waals surface area contributed by atoms with Crippen molar-refractivity contribution in [3.63, 3.8) is 0 Å². The van der Waals surface area contributed by atoms with Crippen molar-refractivity contribution >= 4 is 23.2 Å². The first-order valence-corrected chi connectivity index (χ1v) is 9.24. The van der Waals surface area contributed by atoms with Crippen LogP contribution >= 0.6 is 0 Å². The Kier molecular flexibility index (Phi) is 3.97. The van der Waals surface area contributed by atoms with E-state index in [1.54, 1.807) is 19.2 Å². The lowest BCUT2D eigenvalue weighted by molar-refractivity contribution is -0.140. The minimum absolute atomic E-state index is 0.158. The molecule has 0 atom stereocenters. The summed E-state index contributed by atoms with van der Waals surface area (Å²) >= 11 is 0. The number of amides is 2. The van der Waals surface area contributed by atoms with E-state index in [2.05, 4.69) is 10.6 Å². The zero-order chi connectivity index (χ0) is 17.6. The van der Waals surface area contributed by atoms with Gasteiger partial charge in [-0.1, -0.05) is 0 Å². The lowest BCUT2D eigenvalue weighted by Gasteiger charge is -2.55. The number of ether oxygens (including phenoxy) is 1. The van der Waals surface area contributed by atoms with E-state index in [-0.39, 0.29) is 17.2 Å². The third-order valence-corrected chi connectivity index (χ3v) is 6.29. The Hall–Kier alpha value is -2.04. The number of hydrogen-bond donors (Lipinski definition) is 2. The van der Waals surface area contributed by atoms with Crippen LogP contribution in [0.4, 0.5) is 11.4 Å². The summed E-state index contributed by atoms with van der Waals surface area (Å²) in [6.07, 6.45) is 7.09. The van der Waals surface area contributed by atoms with E-state index in [4.69, 9.17) is 4.74 Å². The fraction of sp³-hybridized carbons (Fsp3) is 0.600. The van der Waals surface area contributed by atoms with Crippen molar-refractivity contribution in [3.05, 3.63) is 18.2 Å². The Morgan fingerprint density at radius 1 is 1.04 bits per heavy atom. The summed E-state index contributed by atoms with van der Waals surface area (Å²) in [5.74, 6) is 2.80. The Bertz CT molecular complexity index is 678. The number of carbonyl (C=O) groups excluding carboxylic acids is 2. The molecule has 4 aliphatic rings. The maximum Gasteiger partial charge on any atom is 0.230 e. The van der Waals surface area contributed by atoms with Gasteiger partial charge in [0.2, 0.25) is 11.8 Å².